The van der Waals surface area contributed by atoms with Gasteiger partial charge in [0.1, 0.15) is 5.52 Å². The fourth-order valence-electron chi connectivity index (χ4n) is 3.91. The Morgan fingerprint density at radius 1 is 1.27 bits per heavy atom. The minimum Gasteiger partial charge on any atom is -0.383 e. The zero-order chi connectivity index (χ0) is 21.0. The number of hydrogen-bond acceptors (Lipinski definition) is 6. The summed E-state index contributed by atoms with van der Waals surface area (Å²) in [6.07, 6.45) is 6.39. The summed E-state index contributed by atoms with van der Waals surface area (Å²) in [4.78, 5) is 25.6. The number of carbonyl (C=O) groups is 1. The molecule has 0 bridgehead atoms. The predicted molar refractivity (Wildman–Crippen MR) is 118 cm³/mol. The van der Waals surface area contributed by atoms with Gasteiger partial charge in [-0.3, -0.25) is 9.59 Å². The fraction of sp³-hybridized carbons (Fsp3) is 0.429. The fourth-order valence-corrected chi connectivity index (χ4v) is 5.16. The lowest BCUT2D eigenvalue weighted by molar-refractivity contribution is -0.118. The Hall–Kier alpha value is -2.65. The minimum atomic E-state index is -0.249. The van der Waals surface area contributed by atoms with Gasteiger partial charge in [0, 0.05) is 25.2 Å². The van der Waals surface area contributed by atoms with Crippen LogP contribution >= 0.6 is 11.8 Å². The summed E-state index contributed by atoms with van der Waals surface area (Å²) in [7, 11) is 1.57. The number of nitrogens with zero attached hydrogens (tertiary/aromatic N) is 4. The molecule has 2 aromatic heterocycles. The first-order valence-electron chi connectivity index (χ1n) is 9.99. The third-order valence-electron chi connectivity index (χ3n) is 5.58. The molecule has 3 aromatic rings. The number of hydrogen-bond donors (Lipinski definition) is 1. The summed E-state index contributed by atoms with van der Waals surface area (Å²) < 4.78 is 8.47. The van der Waals surface area contributed by atoms with Crippen molar-refractivity contribution < 1.29 is 9.53 Å². The summed E-state index contributed by atoms with van der Waals surface area (Å²) in [6.45, 7) is 0.697. The van der Waals surface area contributed by atoms with Crippen LogP contribution in [0.15, 0.2) is 47.5 Å². The number of carbonyl (C=O) groups excluding carboxylic acids is 1. The first kappa shape index (κ1) is 20.6. The molecule has 30 heavy (non-hydrogen) atoms. The highest BCUT2D eigenvalue weighted by Gasteiger charge is 2.35. The molecule has 1 saturated heterocycles. The van der Waals surface area contributed by atoms with Crippen LogP contribution in [-0.4, -0.2) is 50.7 Å². The number of ether oxygens (including phenoxy) is 1. The maximum atomic E-state index is 13.0. The highest BCUT2D eigenvalue weighted by molar-refractivity contribution is 7.99. The Labute approximate surface area is 178 Å². The normalized spacial score (nSPS) is 15.9. The molecule has 1 aromatic carbocycles. The molecular weight excluding hydrogens is 402 g/mol. The van der Waals surface area contributed by atoms with Gasteiger partial charge in [0.15, 0.2) is 0 Å². The van der Waals surface area contributed by atoms with Crippen LogP contribution in [0.2, 0.25) is 0 Å². The van der Waals surface area contributed by atoms with Crippen molar-refractivity contribution in [3.63, 3.8) is 0 Å². The van der Waals surface area contributed by atoms with Crippen molar-refractivity contribution in [2.45, 2.75) is 31.3 Å². The first-order valence-corrected chi connectivity index (χ1v) is 11.1. The Bertz CT molecular complexity index is 1070. The number of fused-ring (bicyclic) bond motifs is 1. The molecule has 1 fully saturated rings. The second-order valence-electron chi connectivity index (χ2n) is 7.49. The van der Waals surface area contributed by atoms with Gasteiger partial charge in [-0.2, -0.15) is 11.8 Å². The van der Waals surface area contributed by atoms with Crippen molar-refractivity contribution in [3.05, 3.63) is 53.1 Å². The largest absolute Gasteiger partial charge is 0.383 e. The van der Waals surface area contributed by atoms with Crippen LogP contribution in [-0.2, 0) is 21.6 Å². The van der Waals surface area contributed by atoms with E-state index in [1.54, 1.807) is 25.3 Å². The number of aromatic nitrogens is 4. The van der Waals surface area contributed by atoms with E-state index in [2.05, 4.69) is 20.2 Å². The van der Waals surface area contributed by atoms with E-state index in [9.17, 15) is 9.59 Å². The number of anilines is 1. The molecule has 0 atom stereocenters. The van der Waals surface area contributed by atoms with E-state index in [-0.39, 0.29) is 17.0 Å². The zero-order valence-corrected chi connectivity index (χ0v) is 17.7. The van der Waals surface area contributed by atoms with Crippen LogP contribution in [0.5, 0.6) is 0 Å². The molecule has 3 heterocycles. The Morgan fingerprint density at radius 2 is 2.03 bits per heavy atom. The summed E-state index contributed by atoms with van der Waals surface area (Å²) in [5, 5.41) is 11.4. The van der Waals surface area contributed by atoms with Gasteiger partial charge in [0.25, 0.3) is 5.56 Å². The van der Waals surface area contributed by atoms with E-state index >= 15 is 0 Å². The van der Waals surface area contributed by atoms with Crippen LogP contribution < -0.4 is 10.9 Å². The van der Waals surface area contributed by atoms with Crippen LogP contribution in [0.3, 0.4) is 0 Å². The van der Waals surface area contributed by atoms with E-state index in [1.165, 1.54) is 4.68 Å². The summed E-state index contributed by atoms with van der Waals surface area (Å²) in [5.74, 6) is 2.03. The maximum absolute atomic E-state index is 13.0. The second-order valence-corrected chi connectivity index (χ2v) is 8.72. The third-order valence-corrected chi connectivity index (χ3v) is 6.56. The van der Waals surface area contributed by atoms with E-state index in [0.717, 1.165) is 24.3 Å². The minimum absolute atomic E-state index is 0.0586. The Kier molecular flexibility index (Phi) is 6.19. The molecule has 0 unspecified atom stereocenters. The molecule has 1 aliphatic heterocycles. The van der Waals surface area contributed by atoms with Gasteiger partial charge in [0.05, 0.1) is 30.5 Å². The highest BCUT2D eigenvalue weighted by Crippen LogP contribution is 2.37. The maximum Gasteiger partial charge on any atom is 0.277 e. The smallest absolute Gasteiger partial charge is 0.277 e. The standard InChI is InChI=1S/C21H25N5O3S/c1-29-11-10-26-20(28)17-14-16(4-5-18(17)23-24-26)22-19(27)15-21(6-12-30-13-7-21)25-8-2-3-9-25/h2-5,8-9,14H,6-7,10-13,15H2,1H3,(H,22,27). The number of rotatable bonds is 7. The quantitative estimate of drug-likeness (QED) is 0.623. The number of nitrogens with one attached hydrogen (secondary N) is 1. The Balaban J connectivity index is 1.55. The predicted octanol–water partition coefficient (Wildman–Crippen LogP) is 2.49. The molecule has 1 aliphatic rings. The molecule has 0 spiro atoms. The number of benzene rings is 1. The van der Waals surface area contributed by atoms with Gasteiger partial charge >= 0.3 is 0 Å². The average molecular weight is 428 g/mol. The van der Waals surface area contributed by atoms with Crippen LogP contribution in [0.1, 0.15) is 19.3 Å². The first-order chi connectivity index (χ1) is 14.6. The lowest BCUT2D eigenvalue weighted by Gasteiger charge is -2.38. The monoisotopic (exact) mass is 427 g/mol. The van der Waals surface area contributed by atoms with Crippen molar-refractivity contribution in [2.24, 2.45) is 0 Å². The molecule has 0 aliphatic carbocycles. The number of thioether (sulfide) groups is 1. The third kappa shape index (κ3) is 4.27. The second kappa shape index (κ2) is 9.01. The molecule has 1 amide bonds. The molecule has 9 heteroatoms. The zero-order valence-electron chi connectivity index (χ0n) is 16.9. The van der Waals surface area contributed by atoms with Crippen molar-refractivity contribution >= 4 is 34.3 Å². The van der Waals surface area contributed by atoms with Crippen LogP contribution in [0.25, 0.3) is 10.9 Å². The molecule has 8 nitrogen and oxygen atoms in total. The SMILES string of the molecule is COCCn1nnc2ccc(NC(=O)CC3(n4cccc4)CCSCC3)cc2c1=O. The molecular formula is C21H25N5O3S. The molecule has 0 radical (unpaired) electrons. The topological polar surface area (TPSA) is 91.0 Å². The van der Waals surface area contributed by atoms with Gasteiger partial charge < -0.3 is 14.6 Å². The van der Waals surface area contributed by atoms with E-state index in [1.807, 2.05) is 36.3 Å². The number of methoxy groups -OCH3 is 1. The highest BCUT2D eigenvalue weighted by atomic mass is 32.2. The van der Waals surface area contributed by atoms with Gasteiger partial charge in [-0.15, -0.1) is 5.10 Å². The van der Waals surface area contributed by atoms with Crippen LogP contribution in [0, 0.1) is 0 Å². The van der Waals surface area contributed by atoms with Gasteiger partial charge in [-0.1, -0.05) is 5.21 Å². The summed E-state index contributed by atoms with van der Waals surface area (Å²) >= 11 is 1.93. The van der Waals surface area contributed by atoms with Crippen LogP contribution in [0.4, 0.5) is 5.69 Å². The van der Waals surface area contributed by atoms with E-state index < -0.39 is 0 Å². The Morgan fingerprint density at radius 3 is 2.77 bits per heavy atom. The van der Waals surface area contributed by atoms with Crippen molar-refractivity contribution in [2.75, 3.05) is 30.5 Å². The van der Waals surface area contributed by atoms with E-state index in [4.69, 9.17) is 4.74 Å². The van der Waals surface area contributed by atoms with Gasteiger partial charge in [-0.25, -0.2) is 4.68 Å². The molecule has 158 valence electrons. The van der Waals surface area contributed by atoms with Gasteiger partial charge in [0.2, 0.25) is 5.91 Å². The molecule has 4 rings (SSSR count). The summed E-state index contributed by atoms with van der Waals surface area (Å²) in [6, 6.07) is 9.14. The molecule has 0 saturated carbocycles. The number of amides is 1. The van der Waals surface area contributed by atoms with Gasteiger partial charge in [-0.05, 0) is 54.7 Å². The van der Waals surface area contributed by atoms with Crippen molar-refractivity contribution in [1.82, 2.24) is 19.6 Å². The van der Waals surface area contributed by atoms with E-state index in [0.29, 0.717) is 36.2 Å². The lowest BCUT2D eigenvalue weighted by atomic mass is 9.87. The van der Waals surface area contributed by atoms with Crippen molar-refractivity contribution in [3.8, 4) is 0 Å². The van der Waals surface area contributed by atoms with Crippen molar-refractivity contribution in [1.29, 1.82) is 0 Å². The summed E-state index contributed by atoms with van der Waals surface area (Å²) in [5.41, 5.74) is 0.637. The average Bonchev–Trinajstić information content (AvgIpc) is 3.30. The lowest BCUT2D eigenvalue weighted by Crippen LogP contribution is -2.40. The molecule has 1 N–H and O–H groups in total.